The fourth-order valence-corrected chi connectivity index (χ4v) is 2.21. The monoisotopic (exact) mass is 279 g/mol. The molecular formula is C14H19N2O4+. The topological polar surface area (TPSA) is 73.7 Å². The van der Waals surface area contributed by atoms with Gasteiger partial charge in [0.1, 0.15) is 0 Å². The van der Waals surface area contributed by atoms with Crippen LogP contribution in [0.3, 0.4) is 0 Å². The predicted molar refractivity (Wildman–Crippen MR) is 73.3 cm³/mol. The molecule has 0 bridgehead atoms. The van der Waals surface area contributed by atoms with Crippen molar-refractivity contribution in [2.24, 2.45) is 4.99 Å². The highest BCUT2D eigenvalue weighted by atomic mass is 16.6. The van der Waals surface area contributed by atoms with E-state index in [1.165, 1.54) is 0 Å². The Morgan fingerprint density at radius 1 is 1.40 bits per heavy atom. The summed E-state index contributed by atoms with van der Waals surface area (Å²) >= 11 is 0. The Morgan fingerprint density at radius 3 is 2.85 bits per heavy atom. The molecule has 0 saturated carbocycles. The van der Waals surface area contributed by atoms with Gasteiger partial charge in [0.2, 0.25) is 5.69 Å². The van der Waals surface area contributed by atoms with Crippen molar-refractivity contribution in [3.8, 4) is 5.75 Å². The van der Waals surface area contributed by atoms with Crippen molar-refractivity contribution in [3.05, 3.63) is 23.3 Å². The highest BCUT2D eigenvalue weighted by Gasteiger charge is 2.25. The van der Waals surface area contributed by atoms with Gasteiger partial charge in [-0.25, -0.2) is 9.63 Å². The highest BCUT2D eigenvalue weighted by molar-refractivity contribution is 6.44. The standard InChI is InChI=1S/C14H18N2O4/c1-4-20-14(17)13-10-8-11(16-19-3)12(18-2)7-9(10)5-6-15-13/h7-8,16H,4-6H2,1-3H3/p+1. The number of esters is 1. The molecule has 0 saturated heterocycles. The summed E-state index contributed by atoms with van der Waals surface area (Å²) in [4.78, 5) is 21.3. The number of hydrogen-bond donors (Lipinski definition) is 1. The molecule has 20 heavy (non-hydrogen) atoms. The smallest absolute Gasteiger partial charge is 0.357 e. The third kappa shape index (κ3) is 2.81. The van der Waals surface area contributed by atoms with Crippen molar-refractivity contribution in [2.45, 2.75) is 13.3 Å². The van der Waals surface area contributed by atoms with Gasteiger partial charge in [0.25, 0.3) is 0 Å². The number of carbonyl (C=O) groups is 1. The Labute approximate surface area is 117 Å². The number of ether oxygens (including phenoxy) is 2. The number of carbonyl (C=O) groups excluding carboxylic acids is 1. The van der Waals surface area contributed by atoms with Gasteiger partial charge in [-0.05, 0) is 25.0 Å². The first kappa shape index (κ1) is 14.5. The third-order valence-electron chi connectivity index (χ3n) is 3.08. The van der Waals surface area contributed by atoms with Gasteiger partial charge in [-0.2, -0.15) is 5.48 Å². The van der Waals surface area contributed by atoms with E-state index in [2.05, 4.69) is 4.99 Å². The average molecular weight is 279 g/mol. The van der Waals surface area contributed by atoms with Crippen LogP contribution in [-0.4, -0.2) is 39.1 Å². The summed E-state index contributed by atoms with van der Waals surface area (Å²) < 4.78 is 10.4. The van der Waals surface area contributed by atoms with Gasteiger partial charge in [-0.15, -0.1) is 0 Å². The Hall–Kier alpha value is -1.92. The number of rotatable bonds is 5. The van der Waals surface area contributed by atoms with E-state index in [4.69, 9.17) is 14.3 Å². The van der Waals surface area contributed by atoms with E-state index < -0.39 is 0 Å². The second kappa shape index (κ2) is 6.49. The first-order valence-corrected chi connectivity index (χ1v) is 6.50. The van der Waals surface area contributed by atoms with E-state index in [9.17, 15) is 4.79 Å². The quantitative estimate of drug-likeness (QED) is 0.480. The number of quaternary nitrogens is 1. The molecule has 1 aliphatic heterocycles. The van der Waals surface area contributed by atoms with Gasteiger partial charge < -0.3 is 9.47 Å². The summed E-state index contributed by atoms with van der Waals surface area (Å²) in [6, 6.07) is 3.78. The summed E-state index contributed by atoms with van der Waals surface area (Å²) in [7, 11) is 3.18. The largest absolute Gasteiger partial charge is 0.491 e. The van der Waals surface area contributed by atoms with Crippen LogP contribution in [0.25, 0.3) is 0 Å². The molecule has 0 aliphatic carbocycles. The van der Waals surface area contributed by atoms with Crippen LogP contribution < -0.4 is 10.2 Å². The molecule has 108 valence electrons. The number of hydrogen-bond acceptors (Lipinski definition) is 5. The Morgan fingerprint density at radius 2 is 2.20 bits per heavy atom. The van der Waals surface area contributed by atoms with E-state index in [1.807, 2.05) is 12.1 Å². The molecule has 1 aromatic rings. The Kier molecular flexibility index (Phi) is 4.70. The second-order valence-corrected chi connectivity index (χ2v) is 4.31. The van der Waals surface area contributed by atoms with Crippen LogP contribution >= 0.6 is 0 Å². The molecule has 1 aromatic carbocycles. The van der Waals surface area contributed by atoms with E-state index in [-0.39, 0.29) is 5.97 Å². The minimum atomic E-state index is -0.387. The van der Waals surface area contributed by atoms with E-state index in [1.54, 1.807) is 26.6 Å². The maximum atomic E-state index is 12.0. The van der Waals surface area contributed by atoms with Gasteiger partial charge in [0, 0.05) is 18.2 Å². The summed E-state index contributed by atoms with van der Waals surface area (Å²) in [5.41, 5.74) is 4.55. The number of aliphatic imine (C=N–C) groups is 1. The zero-order chi connectivity index (χ0) is 14.5. The number of nitrogens with two attached hydrogens (primary N) is 1. The first-order chi connectivity index (χ1) is 9.71. The van der Waals surface area contributed by atoms with Crippen LogP contribution in [-0.2, 0) is 20.8 Å². The van der Waals surface area contributed by atoms with Crippen LogP contribution in [0.1, 0.15) is 18.1 Å². The van der Waals surface area contributed by atoms with E-state index >= 15 is 0 Å². The van der Waals surface area contributed by atoms with Crippen molar-refractivity contribution in [1.29, 1.82) is 0 Å². The number of fused-ring (bicyclic) bond motifs is 1. The zero-order valence-corrected chi connectivity index (χ0v) is 11.9. The molecule has 0 radical (unpaired) electrons. The third-order valence-corrected chi connectivity index (χ3v) is 3.08. The SMILES string of the molecule is CCOC(=O)C1=NCCc2cc(OC)c([NH2+]OC)cc21. The lowest BCUT2D eigenvalue weighted by atomic mass is 9.96. The number of nitrogens with zero attached hydrogens (tertiary/aromatic N) is 1. The van der Waals surface area contributed by atoms with Crippen LogP contribution in [0.5, 0.6) is 5.75 Å². The molecule has 0 amide bonds. The zero-order valence-electron chi connectivity index (χ0n) is 11.9. The molecule has 1 heterocycles. The van der Waals surface area contributed by atoms with Gasteiger partial charge in [0.15, 0.2) is 11.5 Å². The minimum Gasteiger partial charge on any atom is -0.491 e. The summed E-state index contributed by atoms with van der Waals surface area (Å²) in [5, 5.41) is 0. The van der Waals surface area contributed by atoms with E-state index in [0.717, 1.165) is 29.0 Å². The molecule has 2 rings (SSSR count). The first-order valence-electron chi connectivity index (χ1n) is 6.50. The highest BCUT2D eigenvalue weighted by Crippen LogP contribution is 2.28. The number of benzene rings is 1. The van der Waals surface area contributed by atoms with Crippen molar-refractivity contribution in [3.63, 3.8) is 0 Å². The van der Waals surface area contributed by atoms with E-state index in [0.29, 0.717) is 18.9 Å². The lowest BCUT2D eigenvalue weighted by molar-refractivity contribution is -0.830. The molecule has 0 aromatic heterocycles. The maximum Gasteiger partial charge on any atom is 0.357 e. The summed E-state index contributed by atoms with van der Waals surface area (Å²) in [6.07, 6.45) is 0.780. The number of methoxy groups -OCH3 is 1. The van der Waals surface area contributed by atoms with Gasteiger partial charge in [0.05, 0.1) is 20.8 Å². The Bertz CT molecular complexity index is 540. The molecule has 0 unspecified atom stereocenters. The van der Waals surface area contributed by atoms with Gasteiger partial charge in [-0.3, -0.25) is 4.99 Å². The molecule has 0 spiro atoms. The summed E-state index contributed by atoms with van der Waals surface area (Å²) in [5.74, 6) is 0.331. The molecule has 6 nitrogen and oxygen atoms in total. The predicted octanol–water partition coefficient (Wildman–Crippen LogP) is 0.360. The van der Waals surface area contributed by atoms with Crippen LogP contribution in [0, 0.1) is 0 Å². The maximum absolute atomic E-state index is 12.0. The molecule has 6 heteroatoms. The normalized spacial score (nSPS) is 13.4. The fourth-order valence-electron chi connectivity index (χ4n) is 2.21. The van der Waals surface area contributed by atoms with Crippen LogP contribution in [0.2, 0.25) is 0 Å². The molecule has 0 fully saturated rings. The lowest BCUT2D eigenvalue weighted by Gasteiger charge is -2.17. The van der Waals surface area contributed by atoms with Crippen LogP contribution in [0.4, 0.5) is 5.69 Å². The molecule has 2 N–H and O–H groups in total. The molecule has 1 aliphatic rings. The van der Waals surface area contributed by atoms with Crippen molar-refractivity contribution in [1.82, 2.24) is 0 Å². The molecule has 0 atom stereocenters. The van der Waals surface area contributed by atoms with Crippen molar-refractivity contribution < 1.29 is 24.6 Å². The second-order valence-electron chi connectivity index (χ2n) is 4.31. The average Bonchev–Trinajstić information content (AvgIpc) is 2.46. The fraction of sp³-hybridized carbons (Fsp3) is 0.429. The lowest BCUT2D eigenvalue weighted by Crippen LogP contribution is -2.76. The molecular weight excluding hydrogens is 260 g/mol. The Balaban J connectivity index is 2.44. The van der Waals surface area contributed by atoms with Gasteiger partial charge in [-0.1, -0.05) is 0 Å². The van der Waals surface area contributed by atoms with Crippen molar-refractivity contribution in [2.75, 3.05) is 27.4 Å². The summed E-state index contributed by atoms with van der Waals surface area (Å²) in [6.45, 7) is 2.69. The van der Waals surface area contributed by atoms with Crippen LogP contribution in [0.15, 0.2) is 17.1 Å². The van der Waals surface area contributed by atoms with Crippen molar-refractivity contribution >= 4 is 17.4 Å². The van der Waals surface area contributed by atoms with Gasteiger partial charge >= 0.3 is 5.97 Å². The minimum absolute atomic E-state index is 0.334.